The van der Waals surface area contributed by atoms with E-state index in [0.29, 0.717) is 5.82 Å². The summed E-state index contributed by atoms with van der Waals surface area (Å²) in [6.07, 6.45) is 0. The van der Waals surface area contributed by atoms with Crippen molar-refractivity contribution in [2.24, 2.45) is 5.73 Å². The van der Waals surface area contributed by atoms with Gasteiger partial charge >= 0.3 is 0 Å². The maximum Gasteiger partial charge on any atom is 0.217 e. The number of carbonyl (C=O) groups is 1. The van der Waals surface area contributed by atoms with Crippen LogP contribution in [0.25, 0.3) is 0 Å². The molecule has 1 heterocycles. The molecule has 0 aliphatic rings. The van der Waals surface area contributed by atoms with Crippen molar-refractivity contribution in [1.29, 1.82) is 0 Å². The molecule has 0 bridgehead atoms. The van der Waals surface area contributed by atoms with Gasteiger partial charge in [0.25, 0.3) is 0 Å². The highest BCUT2D eigenvalue weighted by Crippen LogP contribution is 1.91. The minimum Gasteiger partial charge on any atom is -0.324 e. The summed E-state index contributed by atoms with van der Waals surface area (Å²) in [5, 5.41) is 6.15. The van der Waals surface area contributed by atoms with Gasteiger partial charge in [0.15, 0.2) is 5.78 Å². The fraction of sp³-hybridized carbons (Fsp3) is 0.400. The molecular formula is C5H8N4O. The van der Waals surface area contributed by atoms with E-state index in [1.54, 1.807) is 0 Å². The minimum atomic E-state index is -0.157. The number of carbonyl (C=O) groups excluding carboxylic acids is 1. The third kappa shape index (κ3) is 1.19. The summed E-state index contributed by atoms with van der Waals surface area (Å²) < 4.78 is 0. The molecular weight excluding hydrogens is 132 g/mol. The topological polar surface area (TPSA) is 84.7 Å². The molecule has 0 aliphatic carbocycles. The summed E-state index contributed by atoms with van der Waals surface area (Å²) >= 11 is 0. The number of aromatic amines is 1. The highest BCUT2D eigenvalue weighted by atomic mass is 16.1. The second-order valence-corrected chi connectivity index (χ2v) is 1.87. The first-order valence-electron chi connectivity index (χ1n) is 2.86. The van der Waals surface area contributed by atoms with E-state index in [1.165, 1.54) is 6.92 Å². The molecule has 0 atom stereocenters. The number of nitrogens with zero attached hydrogens (tertiary/aromatic N) is 2. The monoisotopic (exact) mass is 140 g/mol. The van der Waals surface area contributed by atoms with E-state index in [4.69, 9.17) is 5.73 Å². The van der Waals surface area contributed by atoms with Crippen molar-refractivity contribution in [2.45, 2.75) is 13.5 Å². The fourth-order valence-electron chi connectivity index (χ4n) is 0.544. The van der Waals surface area contributed by atoms with E-state index in [-0.39, 0.29) is 18.2 Å². The molecule has 0 fully saturated rings. The third-order valence-corrected chi connectivity index (χ3v) is 1.04. The molecule has 0 amide bonds. The van der Waals surface area contributed by atoms with Crippen LogP contribution in [0.1, 0.15) is 23.4 Å². The molecule has 0 radical (unpaired) electrons. The van der Waals surface area contributed by atoms with Gasteiger partial charge in [0.05, 0.1) is 6.54 Å². The van der Waals surface area contributed by atoms with Crippen LogP contribution in [-0.4, -0.2) is 21.0 Å². The molecule has 0 spiro atoms. The first-order chi connectivity index (χ1) is 4.74. The summed E-state index contributed by atoms with van der Waals surface area (Å²) in [4.78, 5) is 14.4. The lowest BCUT2D eigenvalue weighted by Gasteiger charge is -1.80. The number of aromatic nitrogens is 3. The summed E-state index contributed by atoms with van der Waals surface area (Å²) in [5.41, 5.74) is 5.22. The van der Waals surface area contributed by atoms with E-state index < -0.39 is 0 Å². The maximum absolute atomic E-state index is 10.6. The van der Waals surface area contributed by atoms with Gasteiger partial charge in [-0.3, -0.25) is 9.89 Å². The van der Waals surface area contributed by atoms with Gasteiger partial charge in [-0.25, -0.2) is 4.98 Å². The Bertz CT molecular complexity index is 242. The number of nitrogens with two attached hydrogens (primary N) is 1. The molecule has 0 unspecified atom stereocenters. The van der Waals surface area contributed by atoms with Crippen molar-refractivity contribution >= 4 is 5.78 Å². The first-order valence-corrected chi connectivity index (χ1v) is 2.86. The standard InChI is InChI=1S/C5H8N4O/c1-3(10)5-7-4(2-6)8-9-5/h2,6H2,1H3,(H,7,8,9). The molecule has 3 N–H and O–H groups in total. The first kappa shape index (κ1) is 6.88. The lowest BCUT2D eigenvalue weighted by atomic mass is 10.4. The van der Waals surface area contributed by atoms with E-state index >= 15 is 0 Å². The van der Waals surface area contributed by atoms with E-state index in [1.807, 2.05) is 0 Å². The van der Waals surface area contributed by atoms with Crippen molar-refractivity contribution in [2.75, 3.05) is 0 Å². The van der Waals surface area contributed by atoms with Crippen molar-refractivity contribution in [3.8, 4) is 0 Å². The summed E-state index contributed by atoms with van der Waals surface area (Å²) in [7, 11) is 0. The van der Waals surface area contributed by atoms with Gasteiger partial charge in [-0.05, 0) is 0 Å². The molecule has 1 aromatic heterocycles. The average Bonchev–Trinajstić information content (AvgIpc) is 2.34. The van der Waals surface area contributed by atoms with Gasteiger partial charge in [0, 0.05) is 6.92 Å². The Labute approximate surface area is 57.6 Å². The lowest BCUT2D eigenvalue weighted by molar-refractivity contribution is 0.100. The smallest absolute Gasteiger partial charge is 0.217 e. The van der Waals surface area contributed by atoms with Gasteiger partial charge in [-0.15, -0.1) is 0 Å². The number of rotatable bonds is 2. The quantitative estimate of drug-likeness (QED) is 0.540. The average molecular weight is 140 g/mol. The van der Waals surface area contributed by atoms with Crippen LogP contribution in [0.2, 0.25) is 0 Å². The Kier molecular flexibility index (Phi) is 1.77. The third-order valence-electron chi connectivity index (χ3n) is 1.04. The molecule has 54 valence electrons. The molecule has 1 aromatic rings. The molecule has 5 heteroatoms. The van der Waals surface area contributed by atoms with Crippen LogP contribution in [-0.2, 0) is 6.54 Å². The van der Waals surface area contributed by atoms with Crippen molar-refractivity contribution < 1.29 is 4.79 Å². The lowest BCUT2D eigenvalue weighted by Crippen LogP contribution is -1.99. The Morgan fingerprint density at radius 1 is 1.80 bits per heavy atom. The van der Waals surface area contributed by atoms with E-state index in [9.17, 15) is 4.79 Å². The highest BCUT2D eigenvalue weighted by molar-refractivity contribution is 5.90. The van der Waals surface area contributed by atoms with Crippen molar-refractivity contribution in [1.82, 2.24) is 15.2 Å². The number of hydrogen-bond acceptors (Lipinski definition) is 4. The van der Waals surface area contributed by atoms with Crippen molar-refractivity contribution in [3.05, 3.63) is 11.6 Å². The predicted molar refractivity (Wildman–Crippen MR) is 34.3 cm³/mol. The van der Waals surface area contributed by atoms with Crippen LogP contribution >= 0.6 is 0 Å². The summed E-state index contributed by atoms with van der Waals surface area (Å²) in [5.74, 6) is 0.571. The zero-order chi connectivity index (χ0) is 7.56. The van der Waals surface area contributed by atoms with E-state index in [2.05, 4.69) is 15.2 Å². The molecule has 0 aliphatic heterocycles. The van der Waals surface area contributed by atoms with Crippen LogP contribution in [0.3, 0.4) is 0 Å². The Morgan fingerprint density at radius 2 is 2.50 bits per heavy atom. The normalized spacial score (nSPS) is 9.80. The number of hydrogen-bond donors (Lipinski definition) is 2. The van der Waals surface area contributed by atoms with Crippen LogP contribution in [0.5, 0.6) is 0 Å². The number of ketones is 1. The number of Topliss-reactive ketones (excluding diaryl/α,β-unsaturated/α-hetero) is 1. The summed E-state index contributed by atoms with van der Waals surface area (Å²) in [6, 6.07) is 0. The molecule has 0 saturated heterocycles. The molecule has 10 heavy (non-hydrogen) atoms. The number of H-pyrrole nitrogens is 1. The highest BCUT2D eigenvalue weighted by Gasteiger charge is 2.04. The predicted octanol–water partition coefficient (Wildman–Crippen LogP) is -0.534. The van der Waals surface area contributed by atoms with Crippen molar-refractivity contribution in [3.63, 3.8) is 0 Å². The second-order valence-electron chi connectivity index (χ2n) is 1.87. The fourth-order valence-corrected chi connectivity index (χ4v) is 0.544. The molecule has 0 aromatic carbocycles. The maximum atomic E-state index is 10.6. The van der Waals surface area contributed by atoms with Crippen LogP contribution in [0, 0.1) is 0 Å². The van der Waals surface area contributed by atoms with Gasteiger partial charge in [0.1, 0.15) is 5.82 Å². The van der Waals surface area contributed by atoms with Gasteiger partial charge < -0.3 is 5.73 Å². The largest absolute Gasteiger partial charge is 0.324 e. The van der Waals surface area contributed by atoms with Crippen LogP contribution < -0.4 is 5.73 Å². The van der Waals surface area contributed by atoms with Crippen LogP contribution in [0.15, 0.2) is 0 Å². The van der Waals surface area contributed by atoms with Gasteiger partial charge in [-0.2, -0.15) is 5.10 Å². The minimum absolute atomic E-state index is 0.157. The Morgan fingerprint density at radius 3 is 2.80 bits per heavy atom. The zero-order valence-corrected chi connectivity index (χ0v) is 5.59. The molecule has 1 rings (SSSR count). The van der Waals surface area contributed by atoms with Gasteiger partial charge in [-0.1, -0.05) is 0 Å². The van der Waals surface area contributed by atoms with Gasteiger partial charge in [0.2, 0.25) is 5.82 Å². The molecule has 0 saturated carbocycles. The van der Waals surface area contributed by atoms with E-state index in [0.717, 1.165) is 0 Å². The van der Waals surface area contributed by atoms with Crippen LogP contribution in [0.4, 0.5) is 0 Å². The second kappa shape index (κ2) is 2.57. The Hall–Kier alpha value is -1.23. The summed E-state index contributed by atoms with van der Waals surface area (Å²) in [6.45, 7) is 1.68. The Balaban J connectivity index is 2.88. The zero-order valence-electron chi connectivity index (χ0n) is 5.59. The SMILES string of the molecule is CC(=O)c1n[nH]c(CN)n1. The number of nitrogens with one attached hydrogen (secondary N) is 1. The molecule has 5 nitrogen and oxygen atoms in total.